The molecule has 1 aromatic heterocycles. The topological polar surface area (TPSA) is 66.8 Å². The number of carbonyl (C=O) groups excluding carboxylic acids is 1. The number of carbonyl (C=O) groups is 2. The number of carboxylic acid groups (broad SMARTS) is 1. The van der Waals surface area contributed by atoms with Gasteiger partial charge in [-0.05, 0) is 37.8 Å². The second-order valence-electron chi connectivity index (χ2n) is 5.97. The third-order valence-corrected chi connectivity index (χ3v) is 4.15. The Kier molecular flexibility index (Phi) is 4.04. The minimum atomic E-state index is -0.847. The van der Waals surface area contributed by atoms with Gasteiger partial charge in [-0.1, -0.05) is 0 Å². The lowest BCUT2D eigenvalue weighted by atomic mass is 9.96. The molecule has 0 bridgehead atoms. The van der Waals surface area contributed by atoms with Crippen molar-refractivity contribution < 1.29 is 19.4 Å². The maximum absolute atomic E-state index is 12.1. The fourth-order valence-corrected chi connectivity index (χ4v) is 3.30. The van der Waals surface area contributed by atoms with Crippen molar-refractivity contribution in [3.8, 4) is 0 Å². The molecule has 1 aromatic rings. The Hall–Kier alpha value is -1.56. The van der Waals surface area contributed by atoms with E-state index in [4.69, 9.17) is 9.84 Å². The first-order valence-electron chi connectivity index (χ1n) is 6.52. The molecule has 1 aliphatic rings. The van der Waals surface area contributed by atoms with Crippen molar-refractivity contribution in [1.29, 1.82) is 0 Å². The molecule has 110 valence electrons. The molecular formula is C14H19NO4S. The number of hydrogen-bond acceptors (Lipinski definition) is 4. The highest BCUT2D eigenvalue weighted by Crippen LogP contribution is 2.35. The second kappa shape index (κ2) is 5.44. The van der Waals surface area contributed by atoms with Gasteiger partial charge in [0.2, 0.25) is 0 Å². The molecule has 0 aromatic carbocycles. The Bertz CT molecular complexity index is 517. The molecule has 0 spiro atoms. The van der Waals surface area contributed by atoms with Gasteiger partial charge < -0.3 is 14.7 Å². The van der Waals surface area contributed by atoms with Gasteiger partial charge in [0.05, 0.1) is 13.0 Å². The average molecular weight is 297 g/mol. The molecule has 0 radical (unpaired) electrons. The molecule has 1 N–H and O–H groups in total. The fraction of sp³-hybridized carbons (Fsp3) is 0.571. The predicted octanol–water partition coefficient (Wildman–Crippen LogP) is 3.06. The predicted molar refractivity (Wildman–Crippen MR) is 76.0 cm³/mol. The van der Waals surface area contributed by atoms with Gasteiger partial charge in [-0.25, -0.2) is 4.79 Å². The van der Waals surface area contributed by atoms with Gasteiger partial charge in [0.1, 0.15) is 5.60 Å². The minimum absolute atomic E-state index is 0.0345. The first kappa shape index (κ1) is 14.8. The van der Waals surface area contributed by atoms with E-state index < -0.39 is 11.6 Å². The first-order valence-corrected chi connectivity index (χ1v) is 7.40. The van der Waals surface area contributed by atoms with Crippen molar-refractivity contribution in [2.24, 2.45) is 0 Å². The average Bonchev–Trinajstić information content (AvgIpc) is 2.73. The number of hydrogen-bond donors (Lipinski definition) is 1. The summed E-state index contributed by atoms with van der Waals surface area (Å²) in [6, 6.07) is 1.95. The normalized spacial score (nSPS) is 18.6. The zero-order valence-electron chi connectivity index (χ0n) is 11.9. The van der Waals surface area contributed by atoms with E-state index in [1.165, 1.54) is 0 Å². The summed E-state index contributed by atoms with van der Waals surface area (Å²) >= 11 is 1.56. The molecule has 0 aliphatic carbocycles. The van der Waals surface area contributed by atoms with Crippen molar-refractivity contribution in [2.75, 3.05) is 6.54 Å². The largest absolute Gasteiger partial charge is 0.481 e. The molecule has 2 rings (SSSR count). The summed E-state index contributed by atoms with van der Waals surface area (Å²) in [5.74, 6) is -0.996. The number of fused-ring (bicyclic) bond motifs is 1. The summed E-state index contributed by atoms with van der Waals surface area (Å²) < 4.78 is 5.37. The van der Waals surface area contributed by atoms with E-state index in [1.807, 2.05) is 32.2 Å². The maximum atomic E-state index is 12.1. The van der Waals surface area contributed by atoms with Gasteiger partial charge in [0, 0.05) is 17.3 Å². The molecule has 1 aliphatic heterocycles. The third kappa shape index (κ3) is 3.50. The van der Waals surface area contributed by atoms with Crippen molar-refractivity contribution in [1.82, 2.24) is 4.90 Å². The summed E-state index contributed by atoms with van der Waals surface area (Å²) in [7, 11) is 0. The highest BCUT2D eigenvalue weighted by atomic mass is 32.1. The summed E-state index contributed by atoms with van der Waals surface area (Å²) in [5, 5.41) is 11.0. The molecule has 1 unspecified atom stereocenters. The Balaban J connectivity index is 2.15. The van der Waals surface area contributed by atoms with E-state index in [2.05, 4.69) is 0 Å². The first-order chi connectivity index (χ1) is 9.26. The summed E-state index contributed by atoms with van der Waals surface area (Å²) in [6.07, 6.45) is -0.350. The van der Waals surface area contributed by atoms with Crippen LogP contribution >= 0.6 is 11.3 Å². The molecular weight excluding hydrogens is 278 g/mol. The van der Waals surface area contributed by atoms with Crippen LogP contribution in [0.3, 0.4) is 0 Å². The number of thiophene rings is 1. The minimum Gasteiger partial charge on any atom is -0.481 e. The molecule has 0 saturated carbocycles. The molecule has 5 nitrogen and oxygen atoms in total. The van der Waals surface area contributed by atoms with Crippen molar-refractivity contribution in [2.45, 2.75) is 45.3 Å². The number of aliphatic carboxylic acids is 1. The molecule has 2 heterocycles. The van der Waals surface area contributed by atoms with Crippen LogP contribution in [0.2, 0.25) is 0 Å². The molecule has 6 heteroatoms. The van der Waals surface area contributed by atoms with Crippen molar-refractivity contribution in [3.05, 3.63) is 21.9 Å². The second-order valence-corrected chi connectivity index (χ2v) is 6.91. The van der Waals surface area contributed by atoms with Gasteiger partial charge in [-0.2, -0.15) is 0 Å². The quantitative estimate of drug-likeness (QED) is 0.911. The Morgan fingerprint density at radius 3 is 2.80 bits per heavy atom. The van der Waals surface area contributed by atoms with E-state index >= 15 is 0 Å². The number of rotatable bonds is 2. The lowest BCUT2D eigenvalue weighted by Gasteiger charge is -2.33. The van der Waals surface area contributed by atoms with Crippen LogP contribution in [0.15, 0.2) is 11.4 Å². The monoisotopic (exact) mass is 297 g/mol. The molecule has 0 saturated heterocycles. The number of carboxylic acids is 1. The van der Waals surface area contributed by atoms with Crippen LogP contribution in [0.4, 0.5) is 4.79 Å². The van der Waals surface area contributed by atoms with E-state index in [0.717, 1.165) is 10.4 Å². The zero-order chi connectivity index (χ0) is 14.9. The van der Waals surface area contributed by atoms with Crippen molar-refractivity contribution >= 4 is 23.4 Å². The highest BCUT2D eigenvalue weighted by Gasteiger charge is 2.32. The van der Waals surface area contributed by atoms with Crippen LogP contribution in [0.5, 0.6) is 0 Å². The summed E-state index contributed by atoms with van der Waals surface area (Å²) in [4.78, 5) is 25.8. The van der Waals surface area contributed by atoms with Crippen LogP contribution in [0, 0.1) is 0 Å². The molecule has 0 fully saturated rings. The Labute approximate surface area is 122 Å². The van der Waals surface area contributed by atoms with Gasteiger partial charge in [0.15, 0.2) is 0 Å². The highest BCUT2D eigenvalue weighted by molar-refractivity contribution is 7.10. The number of ether oxygens (including phenoxy) is 1. The summed E-state index contributed by atoms with van der Waals surface area (Å²) in [6.45, 7) is 6.34. The lowest BCUT2D eigenvalue weighted by Crippen LogP contribution is -2.41. The van der Waals surface area contributed by atoms with Crippen LogP contribution in [-0.2, 0) is 16.1 Å². The lowest BCUT2D eigenvalue weighted by molar-refractivity contribution is -0.137. The van der Waals surface area contributed by atoms with Gasteiger partial charge >= 0.3 is 12.1 Å². The zero-order valence-corrected chi connectivity index (χ0v) is 12.7. The van der Waals surface area contributed by atoms with Crippen LogP contribution in [-0.4, -0.2) is 34.2 Å². The Morgan fingerprint density at radius 1 is 1.50 bits per heavy atom. The number of nitrogens with zero attached hydrogens (tertiary/aromatic N) is 1. The standard InChI is InChI=1S/C14H19NO4S/c1-14(2,3)19-13(18)15-7-9-4-5-20-12(9)10(8-15)6-11(16)17/h4-5,10H,6-8H2,1-3H3,(H,16,17). The SMILES string of the molecule is CC(C)(C)OC(=O)N1Cc2ccsc2C(CC(=O)O)C1. The van der Waals surface area contributed by atoms with Gasteiger partial charge in [-0.15, -0.1) is 11.3 Å². The smallest absolute Gasteiger partial charge is 0.410 e. The van der Waals surface area contributed by atoms with E-state index in [1.54, 1.807) is 16.2 Å². The number of amides is 1. The molecule has 20 heavy (non-hydrogen) atoms. The van der Waals surface area contributed by atoms with E-state index in [-0.39, 0.29) is 18.4 Å². The van der Waals surface area contributed by atoms with Crippen molar-refractivity contribution in [3.63, 3.8) is 0 Å². The molecule has 1 atom stereocenters. The Morgan fingerprint density at radius 2 is 2.20 bits per heavy atom. The summed E-state index contributed by atoms with van der Waals surface area (Å²) in [5.41, 5.74) is 0.479. The van der Waals surface area contributed by atoms with Crippen LogP contribution < -0.4 is 0 Å². The van der Waals surface area contributed by atoms with Crippen LogP contribution in [0.1, 0.15) is 43.6 Å². The third-order valence-electron chi connectivity index (χ3n) is 3.03. The van der Waals surface area contributed by atoms with Crippen LogP contribution in [0.25, 0.3) is 0 Å². The van der Waals surface area contributed by atoms with E-state index in [0.29, 0.717) is 13.1 Å². The maximum Gasteiger partial charge on any atom is 0.410 e. The van der Waals surface area contributed by atoms with Gasteiger partial charge in [0.25, 0.3) is 0 Å². The fourth-order valence-electron chi connectivity index (χ4n) is 2.29. The molecule has 1 amide bonds. The van der Waals surface area contributed by atoms with Gasteiger partial charge in [-0.3, -0.25) is 4.79 Å². The van der Waals surface area contributed by atoms with E-state index in [9.17, 15) is 9.59 Å².